The van der Waals surface area contributed by atoms with Gasteiger partial charge in [0, 0.05) is 44.4 Å². The van der Waals surface area contributed by atoms with Crippen LogP contribution in [-0.2, 0) is 50.6 Å². The van der Waals surface area contributed by atoms with Gasteiger partial charge in [0.1, 0.15) is 29.9 Å². The summed E-state index contributed by atoms with van der Waals surface area (Å²) >= 11 is 0. The van der Waals surface area contributed by atoms with Crippen molar-refractivity contribution in [3.05, 3.63) is 85.0 Å². The van der Waals surface area contributed by atoms with Gasteiger partial charge < -0.3 is 42.4 Å². The number of carbonyl (C=O) groups excluding carboxylic acids is 2. The lowest BCUT2D eigenvalue weighted by Crippen LogP contribution is -2.46. The van der Waals surface area contributed by atoms with E-state index in [1.807, 2.05) is 48.5 Å². The number of rotatable bonds is 31. The maximum Gasteiger partial charge on any atom is 0.192 e. The van der Waals surface area contributed by atoms with E-state index in [0.29, 0.717) is 65.0 Å². The minimum atomic E-state index is -2.04. The molecule has 0 saturated carbocycles. The zero-order chi connectivity index (χ0) is 49.4. The molecule has 0 bridgehead atoms. The number of benzene rings is 2. The molecule has 11 nitrogen and oxygen atoms in total. The Morgan fingerprint density at radius 2 is 1.03 bits per heavy atom. The van der Waals surface area contributed by atoms with Crippen molar-refractivity contribution in [2.24, 2.45) is 11.8 Å². The van der Waals surface area contributed by atoms with E-state index in [-0.39, 0.29) is 52.7 Å². The molecule has 13 heteroatoms. The molecule has 6 atom stereocenters. The van der Waals surface area contributed by atoms with Gasteiger partial charge in [-0.2, -0.15) is 0 Å². The molecule has 0 saturated heterocycles. The maximum atomic E-state index is 12.4. The maximum absolute atomic E-state index is 12.4. The summed E-state index contributed by atoms with van der Waals surface area (Å²) in [6.07, 6.45) is 5.56. The molecule has 0 radical (unpaired) electrons. The molecule has 0 unspecified atom stereocenters. The number of carbonyl (C=O) groups is 2. The van der Waals surface area contributed by atoms with Crippen LogP contribution in [0.25, 0.3) is 0 Å². The molecule has 0 aliphatic carbocycles. The van der Waals surface area contributed by atoms with Crippen LogP contribution >= 0.6 is 0 Å². The summed E-state index contributed by atoms with van der Waals surface area (Å²) in [5.74, 6) is 0.993. The van der Waals surface area contributed by atoms with Crippen molar-refractivity contribution < 1.29 is 52.0 Å². The largest absolute Gasteiger partial charge is 0.497 e. The van der Waals surface area contributed by atoms with Gasteiger partial charge >= 0.3 is 0 Å². The number of allylic oxidation sites excluding steroid dienone is 2. The average Bonchev–Trinajstić information content (AvgIpc) is 3.22. The summed E-state index contributed by atoms with van der Waals surface area (Å²) in [4.78, 5) is 24.4. The summed E-state index contributed by atoms with van der Waals surface area (Å²) in [5.41, 5.74) is 2.16. The van der Waals surface area contributed by atoms with Gasteiger partial charge in [0.2, 0.25) is 0 Å². The molecule has 2 aromatic carbocycles. The SMILES string of the molecule is C=CC[C@H](C(C)=O)[C@@H](C[C@H](CCOCc1ccc(OC)cc1)O[Si](C)(C)C(C)(C)C)OCOC.C=CC[C@H](C(C)=O)[C@H](O)C[C@H](CCOCc1ccc(OC)cc1)O[Si](C)(C)C(C)(C)C. The van der Waals surface area contributed by atoms with Crippen LogP contribution in [0.1, 0.15) is 105 Å². The summed E-state index contributed by atoms with van der Waals surface area (Å²) in [5, 5.41) is 10.9. The Bertz CT molecular complexity index is 1650. The summed E-state index contributed by atoms with van der Waals surface area (Å²) in [7, 11) is 0.812. The van der Waals surface area contributed by atoms with Crippen molar-refractivity contribution in [1.29, 1.82) is 0 Å². The first-order chi connectivity index (χ1) is 30.4. The second-order valence-corrected chi connectivity index (χ2v) is 29.5. The lowest BCUT2D eigenvalue weighted by molar-refractivity contribution is -0.136. The second kappa shape index (κ2) is 29.7. The van der Waals surface area contributed by atoms with E-state index in [2.05, 4.69) is 80.9 Å². The van der Waals surface area contributed by atoms with Crippen molar-refractivity contribution >= 4 is 28.2 Å². The van der Waals surface area contributed by atoms with Gasteiger partial charge in [-0.15, -0.1) is 13.2 Å². The molecule has 370 valence electrons. The summed E-state index contributed by atoms with van der Waals surface area (Å²) < 4.78 is 46.8. The van der Waals surface area contributed by atoms with E-state index < -0.39 is 28.7 Å². The number of hydrogen-bond acceptors (Lipinski definition) is 11. The Morgan fingerprint density at radius 3 is 1.37 bits per heavy atom. The fourth-order valence-corrected chi connectivity index (χ4v) is 9.42. The lowest BCUT2D eigenvalue weighted by atomic mass is 9.90. The fraction of sp³-hybridized carbons (Fsp3) is 0.654. The van der Waals surface area contributed by atoms with Crippen LogP contribution in [0.2, 0.25) is 36.3 Å². The molecule has 0 spiro atoms. The topological polar surface area (TPSA) is 128 Å². The fourth-order valence-electron chi connectivity index (χ4n) is 6.62. The highest BCUT2D eigenvalue weighted by molar-refractivity contribution is 6.74. The number of hydrogen-bond donors (Lipinski definition) is 1. The zero-order valence-electron chi connectivity index (χ0n) is 43.0. The molecule has 2 rings (SSSR count). The number of methoxy groups -OCH3 is 3. The van der Waals surface area contributed by atoms with Crippen molar-refractivity contribution in [2.45, 2.75) is 168 Å². The Labute approximate surface area is 396 Å². The first-order valence-corrected chi connectivity index (χ1v) is 29.0. The van der Waals surface area contributed by atoms with Gasteiger partial charge in [-0.3, -0.25) is 9.59 Å². The number of Topliss-reactive ketones (excluding diaryl/α,β-unsaturated/α-hetero) is 2. The quantitative estimate of drug-likeness (QED) is 0.0336. The summed E-state index contributed by atoms with van der Waals surface area (Å²) in [6.45, 7) is 35.1. The van der Waals surface area contributed by atoms with Gasteiger partial charge in [-0.05, 0) is 124 Å². The van der Waals surface area contributed by atoms with E-state index in [1.54, 1.807) is 40.4 Å². The zero-order valence-corrected chi connectivity index (χ0v) is 45.0. The van der Waals surface area contributed by atoms with Gasteiger partial charge in [0.25, 0.3) is 0 Å². The third-order valence-electron chi connectivity index (χ3n) is 12.8. The van der Waals surface area contributed by atoms with Crippen LogP contribution in [0.3, 0.4) is 0 Å². The Balaban J connectivity index is 0.000000653. The van der Waals surface area contributed by atoms with Crippen molar-refractivity contribution in [3.8, 4) is 11.5 Å². The van der Waals surface area contributed by atoms with Crippen LogP contribution in [0.4, 0.5) is 0 Å². The number of aliphatic hydroxyl groups is 1. The predicted octanol–water partition coefficient (Wildman–Crippen LogP) is 11.7. The van der Waals surface area contributed by atoms with E-state index in [4.69, 9.17) is 37.3 Å². The molecule has 0 fully saturated rings. The number of ether oxygens (including phenoxy) is 6. The van der Waals surface area contributed by atoms with Crippen LogP contribution < -0.4 is 9.47 Å². The molecule has 0 aliphatic rings. The van der Waals surface area contributed by atoms with Crippen molar-refractivity contribution in [1.82, 2.24) is 0 Å². The van der Waals surface area contributed by atoms with Crippen LogP contribution in [0, 0.1) is 11.8 Å². The van der Waals surface area contributed by atoms with Crippen LogP contribution in [0.5, 0.6) is 11.5 Å². The third-order valence-corrected chi connectivity index (χ3v) is 21.8. The Morgan fingerprint density at radius 1 is 0.646 bits per heavy atom. The van der Waals surface area contributed by atoms with Crippen molar-refractivity contribution in [2.75, 3.05) is 41.3 Å². The minimum absolute atomic E-state index is 0.0192. The summed E-state index contributed by atoms with van der Waals surface area (Å²) in [6, 6.07) is 15.7. The molecule has 2 aromatic rings. The highest BCUT2D eigenvalue weighted by Crippen LogP contribution is 2.40. The van der Waals surface area contributed by atoms with Gasteiger partial charge in [-0.1, -0.05) is 78.0 Å². The van der Waals surface area contributed by atoms with Gasteiger partial charge in [0.05, 0.1) is 39.6 Å². The smallest absolute Gasteiger partial charge is 0.192 e. The third kappa shape index (κ3) is 22.6. The normalized spacial score (nSPS) is 15.1. The molecule has 0 aromatic heterocycles. The van der Waals surface area contributed by atoms with E-state index in [1.165, 1.54) is 6.92 Å². The Hall–Kier alpha value is -2.99. The molecule has 0 amide bonds. The van der Waals surface area contributed by atoms with E-state index in [0.717, 1.165) is 22.6 Å². The van der Waals surface area contributed by atoms with Crippen molar-refractivity contribution in [3.63, 3.8) is 0 Å². The van der Waals surface area contributed by atoms with Gasteiger partial charge in [-0.25, -0.2) is 0 Å². The number of ketones is 2. The second-order valence-electron chi connectivity index (χ2n) is 20.0. The average molecular weight is 945 g/mol. The van der Waals surface area contributed by atoms with Crippen LogP contribution in [0.15, 0.2) is 73.8 Å². The van der Waals surface area contributed by atoms with Crippen LogP contribution in [-0.4, -0.2) is 99.1 Å². The molecule has 0 heterocycles. The standard InChI is InChI=1S/C27H46O6Si.C25H42O5Si/c1-10-11-25(21(2)28)26(32-20-29-6)18-24(33-34(8,9)27(3,4)5)16-17-31-19-22-12-14-23(30-7)15-13-22;1-9-10-23(19(2)26)24(27)17-22(30-31(7,8)25(3,4)5)15-16-29-18-20-11-13-21(28-6)14-12-20/h10,12-15,24-26H,1,11,16-20H2,2-9H3;9,11-14,22-24,27H,1,10,15-18H2,2-8H3/t24-,25+,26+;22-,23+,24+/m00/s1. The minimum Gasteiger partial charge on any atom is -0.497 e. The predicted molar refractivity (Wildman–Crippen MR) is 269 cm³/mol. The monoisotopic (exact) mass is 945 g/mol. The molecular weight excluding hydrogens is 857 g/mol. The van der Waals surface area contributed by atoms with E-state index in [9.17, 15) is 14.7 Å². The molecular formula is C52H88O11Si2. The first-order valence-electron chi connectivity index (χ1n) is 23.1. The lowest BCUT2D eigenvalue weighted by Gasteiger charge is -2.40. The van der Waals surface area contributed by atoms with E-state index >= 15 is 0 Å². The Kier molecular flexibility index (Phi) is 27.4. The number of aliphatic hydroxyl groups excluding tert-OH is 1. The first kappa shape index (κ1) is 60.0. The molecule has 1 N–H and O–H groups in total. The molecule has 0 aliphatic heterocycles. The van der Waals surface area contributed by atoms with Gasteiger partial charge in [0.15, 0.2) is 16.6 Å². The highest BCUT2D eigenvalue weighted by Gasteiger charge is 2.41. The highest BCUT2D eigenvalue weighted by atomic mass is 28.4. The molecule has 65 heavy (non-hydrogen) atoms.